The highest BCUT2D eigenvalue weighted by atomic mass is 19.1. The SMILES string of the molecule is Cc1ccccc1OCC(O)c1ccc(F)cc1. The number of hydrogen-bond acceptors (Lipinski definition) is 2. The molecule has 1 unspecified atom stereocenters. The van der Waals surface area contributed by atoms with Gasteiger partial charge in [0.15, 0.2) is 0 Å². The van der Waals surface area contributed by atoms with Crippen molar-refractivity contribution < 1.29 is 14.2 Å². The first-order valence-corrected chi connectivity index (χ1v) is 5.79. The standard InChI is InChI=1S/C15H15FO2/c1-11-4-2-3-5-15(11)18-10-14(17)12-6-8-13(16)9-7-12/h2-9,14,17H,10H2,1H3. The molecular weight excluding hydrogens is 231 g/mol. The van der Waals surface area contributed by atoms with Crippen molar-refractivity contribution in [3.05, 3.63) is 65.5 Å². The first kappa shape index (κ1) is 12.6. The summed E-state index contributed by atoms with van der Waals surface area (Å²) >= 11 is 0. The second-order valence-corrected chi connectivity index (χ2v) is 4.14. The van der Waals surface area contributed by atoms with Gasteiger partial charge in [0.2, 0.25) is 0 Å². The quantitative estimate of drug-likeness (QED) is 0.897. The Kier molecular flexibility index (Phi) is 3.95. The van der Waals surface area contributed by atoms with Gasteiger partial charge in [0.05, 0.1) is 0 Å². The summed E-state index contributed by atoms with van der Waals surface area (Å²) < 4.78 is 18.3. The Morgan fingerprint density at radius 2 is 1.78 bits per heavy atom. The third kappa shape index (κ3) is 3.08. The van der Waals surface area contributed by atoms with Crippen molar-refractivity contribution in [3.8, 4) is 5.75 Å². The Bertz CT molecular complexity index is 508. The van der Waals surface area contributed by atoms with Gasteiger partial charge in [-0.05, 0) is 36.2 Å². The molecule has 0 saturated carbocycles. The van der Waals surface area contributed by atoms with Gasteiger partial charge in [0.1, 0.15) is 24.3 Å². The number of aliphatic hydroxyl groups excluding tert-OH is 1. The highest BCUT2D eigenvalue weighted by Crippen LogP contribution is 2.19. The van der Waals surface area contributed by atoms with E-state index in [-0.39, 0.29) is 12.4 Å². The molecule has 0 radical (unpaired) electrons. The van der Waals surface area contributed by atoms with Crippen LogP contribution in [0.25, 0.3) is 0 Å². The Morgan fingerprint density at radius 3 is 2.44 bits per heavy atom. The summed E-state index contributed by atoms with van der Waals surface area (Å²) in [5, 5.41) is 9.92. The number of benzene rings is 2. The lowest BCUT2D eigenvalue weighted by atomic mass is 10.1. The van der Waals surface area contributed by atoms with Crippen LogP contribution in [0.15, 0.2) is 48.5 Å². The molecule has 0 amide bonds. The molecular formula is C15H15FO2. The highest BCUT2D eigenvalue weighted by molar-refractivity contribution is 5.31. The zero-order chi connectivity index (χ0) is 13.0. The van der Waals surface area contributed by atoms with Crippen molar-refractivity contribution in [2.75, 3.05) is 6.61 Å². The third-order valence-electron chi connectivity index (χ3n) is 2.75. The second kappa shape index (κ2) is 5.65. The van der Waals surface area contributed by atoms with E-state index in [0.717, 1.165) is 11.3 Å². The molecule has 0 aliphatic carbocycles. The summed E-state index contributed by atoms with van der Waals surface area (Å²) in [5.41, 5.74) is 1.66. The largest absolute Gasteiger partial charge is 0.490 e. The topological polar surface area (TPSA) is 29.5 Å². The van der Waals surface area contributed by atoms with Crippen LogP contribution in [-0.2, 0) is 0 Å². The summed E-state index contributed by atoms with van der Waals surface area (Å²) in [6.45, 7) is 2.09. The molecule has 0 aliphatic heterocycles. The minimum Gasteiger partial charge on any atom is -0.490 e. The summed E-state index contributed by atoms with van der Waals surface area (Å²) in [5.74, 6) is 0.435. The van der Waals surface area contributed by atoms with Gasteiger partial charge in [0, 0.05) is 0 Å². The van der Waals surface area contributed by atoms with Crippen LogP contribution >= 0.6 is 0 Å². The minimum absolute atomic E-state index is 0.149. The van der Waals surface area contributed by atoms with E-state index in [1.807, 2.05) is 31.2 Å². The van der Waals surface area contributed by atoms with Gasteiger partial charge in [0.25, 0.3) is 0 Å². The molecule has 2 nitrogen and oxygen atoms in total. The zero-order valence-corrected chi connectivity index (χ0v) is 10.1. The first-order valence-electron chi connectivity index (χ1n) is 5.79. The van der Waals surface area contributed by atoms with E-state index in [9.17, 15) is 9.50 Å². The number of aliphatic hydroxyl groups is 1. The Morgan fingerprint density at radius 1 is 1.11 bits per heavy atom. The van der Waals surface area contributed by atoms with Gasteiger partial charge >= 0.3 is 0 Å². The highest BCUT2D eigenvalue weighted by Gasteiger charge is 2.09. The van der Waals surface area contributed by atoms with Crippen LogP contribution < -0.4 is 4.74 Å². The molecule has 0 saturated heterocycles. The molecule has 0 fully saturated rings. The predicted molar refractivity (Wildman–Crippen MR) is 68.0 cm³/mol. The molecule has 3 heteroatoms. The molecule has 2 rings (SSSR count). The Hall–Kier alpha value is -1.87. The van der Waals surface area contributed by atoms with E-state index in [1.54, 1.807) is 12.1 Å². The molecule has 0 bridgehead atoms. The monoisotopic (exact) mass is 246 g/mol. The predicted octanol–water partition coefficient (Wildman–Crippen LogP) is 3.25. The Labute approximate surface area is 106 Å². The van der Waals surface area contributed by atoms with Gasteiger partial charge in [-0.25, -0.2) is 4.39 Å². The lowest BCUT2D eigenvalue weighted by molar-refractivity contribution is 0.108. The molecule has 0 aromatic heterocycles. The smallest absolute Gasteiger partial charge is 0.123 e. The summed E-state index contributed by atoms with van der Waals surface area (Å²) in [6.07, 6.45) is -0.759. The van der Waals surface area contributed by atoms with Crippen LogP contribution in [0.5, 0.6) is 5.75 Å². The normalized spacial score (nSPS) is 12.2. The van der Waals surface area contributed by atoms with E-state index in [0.29, 0.717) is 5.56 Å². The minimum atomic E-state index is -0.759. The molecule has 0 aliphatic rings. The number of hydrogen-bond donors (Lipinski definition) is 1. The maximum Gasteiger partial charge on any atom is 0.123 e. The van der Waals surface area contributed by atoms with Crippen LogP contribution in [0.1, 0.15) is 17.2 Å². The van der Waals surface area contributed by atoms with Crippen molar-refractivity contribution in [2.24, 2.45) is 0 Å². The summed E-state index contributed by atoms with van der Waals surface area (Å²) in [6, 6.07) is 13.4. The Balaban J connectivity index is 1.98. The summed E-state index contributed by atoms with van der Waals surface area (Å²) in [4.78, 5) is 0. The van der Waals surface area contributed by atoms with Crippen molar-refractivity contribution in [1.29, 1.82) is 0 Å². The fourth-order valence-corrected chi connectivity index (χ4v) is 1.67. The molecule has 1 atom stereocenters. The van der Waals surface area contributed by atoms with Crippen molar-refractivity contribution in [3.63, 3.8) is 0 Å². The van der Waals surface area contributed by atoms with Crippen LogP contribution in [0.4, 0.5) is 4.39 Å². The van der Waals surface area contributed by atoms with Gasteiger partial charge in [-0.1, -0.05) is 30.3 Å². The van der Waals surface area contributed by atoms with E-state index in [4.69, 9.17) is 4.74 Å². The average molecular weight is 246 g/mol. The number of ether oxygens (including phenoxy) is 1. The summed E-state index contributed by atoms with van der Waals surface area (Å²) in [7, 11) is 0. The van der Waals surface area contributed by atoms with E-state index >= 15 is 0 Å². The second-order valence-electron chi connectivity index (χ2n) is 4.14. The molecule has 2 aromatic carbocycles. The average Bonchev–Trinajstić information content (AvgIpc) is 2.38. The van der Waals surface area contributed by atoms with Gasteiger partial charge in [-0.3, -0.25) is 0 Å². The number of rotatable bonds is 4. The van der Waals surface area contributed by atoms with Crippen LogP contribution in [0.3, 0.4) is 0 Å². The van der Waals surface area contributed by atoms with Crippen LogP contribution in [0.2, 0.25) is 0 Å². The molecule has 2 aromatic rings. The maximum absolute atomic E-state index is 12.7. The molecule has 94 valence electrons. The zero-order valence-electron chi connectivity index (χ0n) is 10.1. The van der Waals surface area contributed by atoms with E-state index in [1.165, 1.54) is 12.1 Å². The van der Waals surface area contributed by atoms with Gasteiger partial charge in [-0.2, -0.15) is 0 Å². The molecule has 18 heavy (non-hydrogen) atoms. The maximum atomic E-state index is 12.7. The van der Waals surface area contributed by atoms with E-state index < -0.39 is 6.10 Å². The van der Waals surface area contributed by atoms with Crippen molar-refractivity contribution in [1.82, 2.24) is 0 Å². The number of halogens is 1. The van der Waals surface area contributed by atoms with Gasteiger partial charge in [-0.15, -0.1) is 0 Å². The number of para-hydroxylation sites is 1. The van der Waals surface area contributed by atoms with Crippen molar-refractivity contribution >= 4 is 0 Å². The lowest BCUT2D eigenvalue weighted by Crippen LogP contribution is -2.10. The van der Waals surface area contributed by atoms with E-state index in [2.05, 4.69) is 0 Å². The fourth-order valence-electron chi connectivity index (χ4n) is 1.67. The number of aryl methyl sites for hydroxylation is 1. The van der Waals surface area contributed by atoms with Crippen LogP contribution in [0, 0.1) is 12.7 Å². The van der Waals surface area contributed by atoms with Crippen LogP contribution in [-0.4, -0.2) is 11.7 Å². The first-order chi connectivity index (χ1) is 8.66. The molecule has 0 spiro atoms. The third-order valence-corrected chi connectivity index (χ3v) is 2.75. The van der Waals surface area contributed by atoms with Gasteiger partial charge < -0.3 is 9.84 Å². The fraction of sp³-hybridized carbons (Fsp3) is 0.200. The molecule has 0 heterocycles. The lowest BCUT2D eigenvalue weighted by Gasteiger charge is -2.14. The molecule has 1 N–H and O–H groups in total. The van der Waals surface area contributed by atoms with Crippen molar-refractivity contribution in [2.45, 2.75) is 13.0 Å².